The number of nitriles is 1. The lowest BCUT2D eigenvalue weighted by atomic mass is 10.00. The van der Waals surface area contributed by atoms with Crippen molar-refractivity contribution in [3.05, 3.63) is 74.5 Å². The number of carbonyl (C=O) groups is 1. The number of nitrogens with zero attached hydrogens (tertiary/aromatic N) is 1. The van der Waals surface area contributed by atoms with Gasteiger partial charge in [0.15, 0.2) is 5.78 Å². The SMILES string of the molecule is N#C/C(=C\c1cc(Cc2ccc(Cl)c(Cl)c2)ccc1F)C(=O)C1CC1. The van der Waals surface area contributed by atoms with Crippen LogP contribution in [0.3, 0.4) is 0 Å². The van der Waals surface area contributed by atoms with Crippen molar-refractivity contribution >= 4 is 35.1 Å². The number of halogens is 3. The minimum atomic E-state index is -0.464. The van der Waals surface area contributed by atoms with E-state index in [1.54, 1.807) is 24.3 Å². The predicted octanol–water partition coefficient (Wildman–Crippen LogP) is 5.61. The van der Waals surface area contributed by atoms with E-state index < -0.39 is 5.82 Å². The van der Waals surface area contributed by atoms with Crippen LogP contribution in [0.1, 0.15) is 29.5 Å². The zero-order valence-corrected chi connectivity index (χ0v) is 14.7. The van der Waals surface area contributed by atoms with E-state index in [4.69, 9.17) is 23.2 Å². The molecule has 0 unspecified atom stereocenters. The molecule has 0 saturated heterocycles. The van der Waals surface area contributed by atoms with E-state index in [-0.39, 0.29) is 22.8 Å². The normalized spacial score (nSPS) is 14.2. The van der Waals surface area contributed by atoms with Gasteiger partial charge in [-0.1, -0.05) is 35.3 Å². The first-order valence-corrected chi connectivity index (χ1v) is 8.62. The smallest absolute Gasteiger partial charge is 0.176 e. The molecule has 126 valence electrons. The van der Waals surface area contributed by atoms with Crippen LogP contribution in [0, 0.1) is 23.1 Å². The number of ketones is 1. The van der Waals surface area contributed by atoms with Gasteiger partial charge in [-0.15, -0.1) is 0 Å². The average Bonchev–Trinajstić information content (AvgIpc) is 3.43. The van der Waals surface area contributed by atoms with Gasteiger partial charge in [-0.05, 0) is 60.7 Å². The van der Waals surface area contributed by atoms with Gasteiger partial charge < -0.3 is 0 Å². The standard InChI is InChI=1S/C20H14Cl2FNO/c21-17-5-1-13(9-18(17)22)7-12-2-6-19(23)15(8-12)10-16(11-24)20(25)14-3-4-14/h1-2,5-6,8-10,14H,3-4,7H2/b16-10+. The van der Waals surface area contributed by atoms with Crippen LogP contribution in [-0.4, -0.2) is 5.78 Å². The lowest BCUT2D eigenvalue weighted by molar-refractivity contribution is -0.116. The molecule has 1 aliphatic rings. The van der Waals surface area contributed by atoms with E-state index in [1.165, 1.54) is 12.1 Å². The van der Waals surface area contributed by atoms with E-state index in [0.29, 0.717) is 16.5 Å². The zero-order valence-electron chi connectivity index (χ0n) is 13.2. The highest BCUT2D eigenvalue weighted by molar-refractivity contribution is 6.42. The van der Waals surface area contributed by atoms with Crippen molar-refractivity contribution in [1.29, 1.82) is 5.26 Å². The number of Topliss-reactive ketones (excluding diaryl/α,β-unsaturated/α-hetero) is 1. The van der Waals surface area contributed by atoms with Crippen LogP contribution < -0.4 is 0 Å². The summed E-state index contributed by atoms with van der Waals surface area (Å²) in [5.74, 6) is -0.737. The molecule has 0 atom stereocenters. The van der Waals surface area contributed by atoms with Gasteiger partial charge in [-0.3, -0.25) is 4.79 Å². The van der Waals surface area contributed by atoms with Gasteiger partial charge in [0.05, 0.1) is 15.6 Å². The van der Waals surface area contributed by atoms with Crippen LogP contribution in [0.15, 0.2) is 42.0 Å². The minimum absolute atomic E-state index is 0.00749. The molecule has 5 heteroatoms. The van der Waals surface area contributed by atoms with Crippen LogP contribution in [0.4, 0.5) is 4.39 Å². The second kappa shape index (κ2) is 7.39. The summed E-state index contributed by atoms with van der Waals surface area (Å²) in [6.45, 7) is 0. The molecule has 0 aromatic heterocycles. The van der Waals surface area contributed by atoms with Crippen molar-refractivity contribution in [3.8, 4) is 6.07 Å². The molecule has 0 radical (unpaired) electrons. The molecule has 2 aromatic carbocycles. The maximum atomic E-state index is 14.1. The monoisotopic (exact) mass is 373 g/mol. The Bertz CT molecular complexity index is 910. The fourth-order valence-corrected chi connectivity index (χ4v) is 2.90. The third-order valence-corrected chi connectivity index (χ3v) is 4.83. The molecule has 0 aliphatic heterocycles. The number of allylic oxidation sites excluding steroid dienone is 1. The fraction of sp³-hybridized carbons (Fsp3) is 0.200. The van der Waals surface area contributed by atoms with E-state index in [2.05, 4.69) is 0 Å². The lowest BCUT2D eigenvalue weighted by Gasteiger charge is -2.06. The topological polar surface area (TPSA) is 40.9 Å². The Balaban J connectivity index is 1.88. The first-order chi connectivity index (χ1) is 12.0. The first kappa shape index (κ1) is 17.7. The molecule has 1 aliphatic carbocycles. The molecule has 0 heterocycles. The third-order valence-electron chi connectivity index (χ3n) is 4.09. The summed E-state index contributed by atoms with van der Waals surface area (Å²) in [5.41, 5.74) is 2.03. The van der Waals surface area contributed by atoms with Gasteiger partial charge in [0, 0.05) is 11.5 Å². The van der Waals surface area contributed by atoms with Crippen LogP contribution >= 0.6 is 23.2 Å². The van der Waals surface area contributed by atoms with Gasteiger partial charge >= 0.3 is 0 Å². The van der Waals surface area contributed by atoms with E-state index in [9.17, 15) is 14.4 Å². The molecule has 0 N–H and O–H groups in total. The summed E-state index contributed by atoms with van der Waals surface area (Å²) in [6, 6.07) is 11.9. The molecule has 2 aromatic rings. The van der Waals surface area contributed by atoms with Crippen molar-refractivity contribution < 1.29 is 9.18 Å². The van der Waals surface area contributed by atoms with Crippen molar-refractivity contribution in [2.24, 2.45) is 5.92 Å². The Morgan fingerprint density at radius 2 is 1.84 bits per heavy atom. The maximum Gasteiger partial charge on any atom is 0.176 e. The van der Waals surface area contributed by atoms with Gasteiger partial charge in [0.1, 0.15) is 11.9 Å². The fourth-order valence-electron chi connectivity index (χ4n) is 2.58. The Hall–Kier alpha value is -2.15. The third kappa shape index (κ3) is 4.28. The van der Waals surface area contributed by atoms with Crippen LogP contribution in [0.5, 0.6) is 0 Å². The molecule has 3 rings (SSSR count). The maximum absolute atomic E-state index is 14.1. The molecule has 1 saturated carbocycles. The molecule has 0 spiro atoms. The predicted molar refractivity (Wildman–Crippen MR) is 97.0 cm³/mol. The molecular weight excluding hydrogens is 360 g/mol. The second-order valence-corrected chi connectivity index (χ2v) is 6.90. The van der Waals surface area contributed by atoms with Gasteiger partial charge in [0.2, 0.25) is 0 Å². The molecular formula is C20H14Cl2FNO. The Kier molecular flexibility index (Phi) is 5.22. The van der Waals surface area contributed by atoms with Crippen molar-refractivity contribution in [2.45, 2.75) is 19.3 Å². The largest absolute Gasteiger partial charge is 0.293 e. The summed E-state index contributed by atoms with van der Waals surface area (Å²) in [4.78, 5) is 12.1. The zero-order chi connectivity index (χ0) is 18.0. The second-order valence-electron chi connectivity index (χ2n) is 6.09. The molecule has 25 heavy (non-hydrogen) atoms. The van der Waals surface area contributed by atoms with Gasteiger partial charge in [-0.25, -0.2) is 4.39 Å². The highest BCUT2D eigenvalue weighted by Gasteiger charge is 2.31. The van der Waals surface area contributed by atoms with Gasteiger partial charge in [-0.2, -0.15) is 5.26 Å². The van der Waals surface area contributed by atoms with E-state index in [1.807, 2.05) is 12.1 Å². The van der Waals surface area contributed by atoms with Crippen molar-refractivity contribution in [3.63, 3.8) is 0 Å². The number of hydrogen-bond acceptors (Lipinski definition) is 2. The van der Waals surface area contributed by atoms with Crippen LogP contribution in [-0.2, 0) is 11.2 Å². The molecule has 1 fully saturated rings. The summed E-state index contributed by atoms with van der Waals surface area (Å²) in [6.07, 6.45) is 3.49. The highest BCUT2D eigenvalue weighted by atomic mass is 35.5. The lowest BCUT2D eigenvalue weighted by Crippen LogP contribution is -2.03. The summed E-state index contributed by atoms with van der Waals surface area (Å²) >= 11 is 11.9. The summed E-state index contributed by atoms with van der Waals surface area (Å²) < 4.78 is 14.1. The van der Waals surface area contributed by atoms with Crippen molar-refractivity contribution in [1.82, 2.24) is 0 Å². The number of carbonyl (C=O) groups excluding carboxylic acids is 1. The molecule has 0 bridgehead atoms. The number of benzene rings is 2. The van der Waals surface area contributed by atoms with E-state index in [0.717, 1.165) is 24.0 Å². The summed E-state index contributed by atoms with van der Waals surface area (Å²) in [5, 5.41) is 10.1. The summed E-state index contributed by atoms with van der Waals surface area (Å²) in [7, 11) is 0. The Morgan fingerprint density at radius 1 is 1.16 bits per heavy atom. The van der Waals surface area contributed by atoms with E-state index >= 15 is 0 Å². The molecule has 0 amide bonds. The quantitative estimate of drug-likeness (QED) is 0.504. The first-order valence-electron chi connectivity index (χ1n) is 7.86. The van der Waals surface area contributed by atoms with Crippen LogP contribution in [0.2, 0.25) is 10.0 Å². The van der Waals surface area contributed by atoms with Gasteiger partial charge in [0.25, 0.3) is 0 Å². The Labute approximate surface area is 155 Å². The number of hydrogen-bond donors (Lipinski definition) is 0. The molecule has 2 nitrogen and oxygen atoms in total. The average molecular weight is 374 g/mol. The van der Waals surface area contributed by atoms with Crippen LogP contribution in [0.25, 0.3) is 6.08 Å². The Morgan fingerprint density at radius 3 is 2.48 bits per heavy atom. The highest BCUT2D eigenvalue weighted by Crippen LogP contribution is 2.33. The number of rotatable bonds is 5. The minimum Gasteiger partial charge on any atom is -0.293 e. The van der Waals surface area contributed by atoms with Crippen molar-refractivity contribution in [2.75, 3.05) is 0 Å².